The number of fused-ring (bicyclic) bond motifs is 5. The number of H-pyrrole nitrogens is 1. The molecule has 2 aromatic heterocycles. The van der Waals surface area contributed by atoms with Crippen molar-refractivity contribution in [1.82, 2.24) is 9.88 Å². The van der Waals surface area contributed by atoms with E-state index in [1.165, 1.54) is 27.6 Å². The first-order valence-electron chi connectivity index (χ1n) is 7.34. The molecule has 0 spiro atoms. The number of carbonyl (C=O) groups excluding carboxylic acids is 1. The Balaban J connectivity index is 2.05. The molecule has 1 amide bonds. The first-order valence-corrected chi connectivity index (χ1v) is 7.34. The zero-order valence-electron chi connectivity index (χ0n) is 12.5. The van der Waals surface area contributed by atoms with Crippen LogP contribution in [-0.2, 0) is 17.8 Å². The van der Waals surface area contributed by atoms with E-state index in [0.29, 0.717) is 6.54 Å². The van der Waals surface area contributed by atoms with Crippen molar-refractivity contribution in [3.63, 3.8) is 0 Å². The normalized spacial score (nSPS) is 14.9. The van der Waals surface area contributed by atoms with E-state index >= 15 is 0 Å². The molecule has 1 N–H and O–H groups in total. The minimum Gasteiger partial charge on any atom is -0.461 e. The lowest BCUT2D eigenvalue weighted by atomic mass is 10.00. The maximum atomic E-state index is 11.7. The summed E-state index contributed by atoms with van der Waals surface area (Å²) in [7, 11) is 0. The van der Waals surface area contributed by atoms with Crippen LogP contribution < -0.4 is 0 Å². The second-order valence-electron chi connectivity index (χ2n) is 5.92. The Hall–Kier alpha value is -2.23. The molecule has 0 aliphatic carbocycles. The van der Waals surface area contributed by atoms with Gasteiger partial charge in [-0.2, -0.15) is 0 Å². The van der Waals surface area contributed by atoms with Crippen LogP contribution in [0.5, 0.6) is 0 Å². The van der Waals surface area contributed by atoms with Crippen molar-refractivity contribution in [3.05, 3.63) is 34.7 Å². The summed E-state index contributed by atoms with van der Waals surface area (Å²) >= 11 is 0. The van der Waals surface area contributed by atoms with Gasteiger partial charge in [-0.15, -0.1) is 0 Å². The number of rotatable bonds is 0. The molecule has 0 fully saturated rings. The fourth-order valence-corrected chi connectivity index (χ4v) is 3.44. The van der Waals surface area contributed by atoms with Crippen molar-refractivity contribution in [3.8, 4) is 0 Å². The lowest BCUT2D eigenvalue weighted by molar-refractivity contribution is -0.129. The largest absolute Gasteiger partial charge is 0.461 e. The van der Waals surface area contributed by atoms with Crippen LogP contribution >= 0.6 is 0 Å². The third-order valence-electron chi connectivity index (χ3n) is 4.71. The molecule has 3 heterocycles. The highest BCUT2D eigenvalue weighted by Gasteiger charge is 2.24. The number of aromatic nitrogens is 1. The van der Waals surface area contributed by atoms with Crippen LogP contribution in [-0.4, -0.2) is 22.3 Å². The zero-order valence-corrected chi connectivity index (χ0v) is 12.5. The average Bonchev–Trinajstić information content (AvgIpc) is 2.96. The second kappa shape index (κ2) is 4.13. The summed E-state index contributed by atoms with van der Waals surface area (Å²) in [6.07, 6.45) is 0.890. The molecule has 0 unspecified atom stereocenters. The molecule has 4 rings (SSSR count). The number of hydrogen-bond donors (Lipinski definition) is 1. The maximum Gasteiger partial charge on any atom is 0.219 e. The second-order valence-corrected chi connectivity index (χ2v) is 5.92. The molecular weight excluding hydrogens is 264 g/mol. The molecule has 1 aromatic carbocycles. The van der Waals surface area contributed by atoms with Crippen LogP contribution in [0.2, 0.25) is 0 Å². The molecule has 4 nitrogen and oxygen atoms in total. The van der Waals surface area contributed by atoms with E-state index in [1.54, 1.807) is 6.92 Å². The molecule has 21 heavy (non-hydrogen) atoms. The average molecular weight is 282 g/mol. The highest BCUT2D eigenvalue weighted by Crippen LogP contribution is 2.37. The predicted octanol–water partition coefficient (Wildman–Crippen LogP) is 3.44. The number of furan rings is 1. The monoisotopic (exact) mass is 282 g/mol. The number of nitrogens with zero attached hydrogens (tertiary/aromatic N) is 1. The summed E-state index contributed by atoms with van der Waals surface area (Å²) in [5, 5.41) is 2.41. The molecule has 3 aromatic rings. The zero-order chi connectivity index (χ0) is 14.7. The van der Waals surface area contributed by atoms with E-state index in [1.807, 2.05) is 17.9 Å². The highest BCUT2D eigenvalue weighted by molar-refractivity contribution is 6.09. The number of aromatic amines is 1. The summed E-state index contributed by atoms with van der Waals surface area (Å²) in [5.41, 5.74) is 5.77. The summed E-state index contributed by atoms with van der Waals surface area (Å²) < 4.78 is 5.85. The molecule has 1 aliphatic rings. The Morgan fingerprint density at radius 3 is 2.86 bits per heavy atom. The fraction of sp³-hybridized carbons (Fsp3) is 0.353. The molecule has 0 saturated heterocycles. The van der Waals surface area contributed by atoms with Crippen LogP contribution in [0, 0.1) is 13.8 Å². The minimum absolute atomic E-state index is 0.141. The van der Waals surface area contributed by atoms with Crippen molar-refractivity contribution in [1.29, 1.82) is 0 Å². The van der Waals surface area contributed by atoms with Gasteiger partial charge in [0.2, 0.25) is 5.91 Å². The summed E-state index contributed by atoms with van der Waals surface area (Å²) in [6, 6.07) is 4.11. The SMILES string of the molecule is CC(=O)N1CCc2[nH]c3ccc4oc(C)c(C)c4c3c2C1. The topological polar surface area (TPSA) is 49.2 Å². The smallest absolute Gasteiger partial charge is 0.219 e. The number of aryl methyl sites for hydroxylation is 2. The molecule has 108 valence electrons. The Morgan fingerprint density at radius 1 is 1.29 bits per heavy atom. The Labute approximate surface area is 122 Å². The van der Waals surface area contributed by atoms with Crippen LogP contribution in [0.3, 0.4) is 0 Å². The molecule has 0 atom stereocenters. The third kappa shape index (κ3) is 1.65. The van der Waals surface area contributed by atoms with Gasteiger partial charge in [0.15, 0.2) is 0 Å². The number of hydrogen-bond acceptors (Lipinski definition) is 2. The van der Waals surface area contributed by atoms with E-state index in [-0.39, 0.29) is 5.91 Å². The Morgan fingerprint density at radius 2 is 2.10 bits per heavy atom. The molecule has 0 radical (unpaired) electrons. The number of benzene rings is 1. The van der Waals surface area contributed by atoms with Gasteiger partial charge < -0.3 is 14.3 Å². The Kier molecular flexibility index (Phi) is 2.46. The van der Waals surface area contributed by atoms with Crippen LogP contribution in [0.15, 0.2) is 16.5 Å². The predicted molar refractivity (Wildman–Crippen MR) is 82.3 cm³/mol. The summed E-state index contributed by atoms with van der Waals surface area (Å²) in [6.45, 7) is 7.23. The Bertz CT molecular complexity index is 885. The van der Waals surface area contributed by atoms with Gasteiger partial charge in [0.25, 0.3) is 0 Å². The van der Waals surface area contributed by atoms with Gasteiger partial charge in [-0.1, -0.05) is 0 Å². The van der Waals surface area contributed by atoms with Crippen molar-refractivity contribution in [2.24, 2.45) is 0 Å². The quantitative estimate of drug-likeness (QED) is 0.686. The van der Waals surface area contributed by atoms with Gasteiger partial charge in [0.1, 0.15) is 11.3 Å². The molecule has 1 aliphatic heterocycles. The van der Waals surface area contributed by atoms with Crippen molar-refractivity contribution >= 4 is 27.8 Å². The first kappa shape index (κ1) is 12.5. The van der Waals surface area contributed by atoms with Crippen molar-refractivity contribution < 1.29 is 9.21 Å². The molecule has 4 heteroatoms. The van der Waals surface area contributed by atoms with Crippen LogP contribution in [0.1, 0.15) is 29.5 Å². The third-order valence-corrected chi connectivity index (χ3v) is 4.71. The van der Waals surface area contributed by atoms with Crippen LogP contribution in [0.4, 0.5) is 0 Å². The standard InChI is InChI=1S/C17H18N2O2/c1-9-10(2)21-15-5-4-14-17(16(9)15)12-8-19(11(3)20)7-6-13(12)18-14/h4-5,18H,6-8H2,1-3H3. The first-order chi connectivity index (χ1) is 10.1. The number of carbonyl (C=O) groups is 1. The highest BCUT2D eigenvalue weighted by atomic mass is 16.3. The van der Waals surface area contributed by atoms with Gasteiger partial charge in [-0.05, 0) is 31.5 Å². The van der Waals surface area contributed by atoms with E-state index in [2.05, 4.69) is 18.0 Å². The van der Waals surface area contributed by atoms with E-state index in [4.69, 9.17) is 4.42 Å². The lowest BCUT2D eigenvalue weighted by Gasteiger charge is -2.26. The van der Waals surface area contributed by atoms with Gasteiger partial charge in [-0.3, -0.25) is 4.79 Å². The minimum atomic E-state index is 0.141. The van der Waals surface area contributed by atoms with E-state index in [9.17, 15) is 4.79 Å². The maximum absolute atomic E-state index is 11.7. The molecular formula is C17H18N2O2. The number of nitrogens with one attached hydrogen (secondary N) is 1. The van der Waals surface area contributed by atoms with E-state index < -0.39 is 0 Å². The van der Waals surface area contributed by atoms with Gasteiger partial charge in [0, 0.05) is 54.0 Å². The molecule has 0 bridgehead atoms. The van der Waals surface area contributed by atoms with Crippen molar-refractivity contribution in [2.45, 2.75) is 33.7 Å². The van der Waals surface area contributed by atoms with E-state index in [0.717, 1.165) is 29.8 Å². The fourth-order valence-electron chi connectivity index (χ4n) is 3.44. The van der Waals surface area contributed by atoms with Crippen LogP contribution in [0.25, 0.3) is 21.9 Å². The van der Waals surface area contributed by atoms with Gasteiger partial charge >= 0.3 is 0 Å². The summed E-state index contributed by atoms with van der Waals surface area (Å²) in [5.74, 6) is 1.11. The van der Waals surface area contributed by atoms with Gasteiger partial charge in [0.05, 0.1) is 0 Å². The number of amides is 1. The lowest BCUT2D eigenvalue weighted by Crippen LogP contribution is -2.33. The summed E-state index contributed by atoms with van der Waals surface area (Å²) in [4.78, 5) is 17.1. The molecule has 0 saturated carbocycles. The van der Waals surface area contributed by atoms with Crippen molar-refractivity contribution in [2.75, 3.05) is 6.54 Å². The van der Waals surface area contributed by atoms with Gasteiger partial charge in [-0.25, -0.2) is 0 Å².